The first kappa shape index (κ1) is 23.2. The third kappa shape index (κ3) is 6.05. The Labute approximate surface area is 185 Å². The molecule has 0 saturated carbocycles. The Morgan fingerprint density at radius 1 is 0.933 bits per heavy atom. The average Bonchev–Trinajstić information content (AvgIpc) is 2.72. The van der Waals surface area contributed by atoms with Gasteiger partial charge in [-0.05, 0) is 65.8 Å². The summed E-state index contributed by atoms with van der Waals surface area (Å²) in [4.78, 5) is 0.708. The fourth-order valence-electron chi connectivity index (χ4n) is 2.66. The van der Waals surface area contributed by atoms with Gasteiger partial charge in [0.2, 0.25) is 0 Å². The van der Waals surface area contributed by atoms with Crippen LogP contribution in [-0.4, -0.2) is 20.8 Å². The van der Waals surface area contributed by atoms with Gasteiger partial charge in [0.05, 0.1) is 6.61 Å². The van der Waals surface area contributed by atoms with Gasteiger partial charge < -0.3 is 8.71 Å². The molecule has 0 radical (unpaired) electrons. The zero-order valence-electron chi connectivity index (χ0n) is 16.7. The smallest absolute Gasteiger partial charge is 0.339 e. The summed E-state index contributed by atoms with van der Waals surface area (Å²) in [6.45, 7) is 4.16. The van der Waals surface area contributed by atoms with Crippen LogP contribution < -0.4 is 4.18 Å². The summed E-state index contributed by atoms with van der Waals surface area (Å²) >= 11 is 2.41. The average molecular weight is 483 g/mol. The molecule has 0 saturated heterocycles. The van der Waals surface area contributed by atoms with Crippen LogP contribution in [0.15, 0.2) is 76.5 Å². The van der Waals surface area contributed by atoms with Crippen molar-refractivity contribution in [1.82, 2.24) is 0 Å². The van der Waals surface area contributed by atoms with Crippen LogP contribution in [-0.2, 0) is 19.2 Å². The van der Waals surface area contributed by atoms with E-state index in [4.69, 9.17) is 8.71 Å². The molecule has 3 aromatic rings. The molecule has 30 heavy (non-hydrogen) atoms. The summed E-state index contributed by atoms with van der Waals surface area (Å²) in [6, 6.07) is 19.0. The van der Waals surface area contributed by atoms with Gasteiger partial charge in [0.25, 0.3) is 0 Å². The maximum Gasteiger partial charge on any atom is 0.339 e. The van der Waals surface area contributed by atoms with Crippen molar-refractivity contribution in [3.8, 4) is 5.75 Å². The SMILES string of the molecule is CCCSP(=O)(OCC)Sc1cccc(OS(=O)(=O)c2ccc3ccccc3c2)c1. The molecule has 0 fully saturated rings. The lowest BCUT2D eigenvalue weighted by Crippen LogP contribution is -2.09. The van der Waals surface area contributed by atoms with E-state index >= 15 is 0 Å². The zero-order chi connectivity index (χ0) is 21.6. The fourth-order valence-corrected chi connectivity index (χ4v) is 10.5. The standard InChI is InChI=1S/C21H23O5PS3/c1-3-14-28-27(22,25-4-2)29-20-11-7-10-19(16-20)26-30(23,24)21-13-12-17-8-5-6-9-18(17)15-21/h5-13,15-16H,3-4,14H2,1-2H3. The van der Waals surface area contributed by atoms with Gasteiger partial charge in [-0.1, -0.05) is 54.7 Å². The van der Waals surface area contributed by atoms with Crippen molar-refractivity contribution in [1.29, 1.82) is 0 Å². The minimum Gasteiger partial charge on any atom is -0.379 e. The number of hydrogen-bond acceptors (Lipinski definition) is 7. The van der Waals surface area contributed by atoms with Crippen molar-refractivity contribution >= 4 is 49.4 Å². The molecule has 9 heteroatoms. The van der Waals surface area contributed by atoms with Crippen LogP contribution >= 0.6 is 28.5 Å². The third-order valence-electron chi connectivity index (χ3n) is 3.98. The van der Waals surface area contributed by atoms with Crippen molar-refractivity contribution in [2.24, 2.45) is 0 Å². The number of hydrogen-bond donors (Lipinski definition) is 0. The highest BCUT2D eigenvalue weighted by atomic mass is 33.1. The highest BCUT2D eigenvalue weighted by Crippen LogP contribution is 2.72. The van der Waals surface area contributed by atoms with Gasteiger partial charge in [-0.25, -0.2) is 0 Å². The molecule has 0 amide bonds. The minimum absolute atomic E-state index is 0.0812. The van der Waals surface area contributed by atoms with Crippen molar-refractivity contribution in [3.63, 3.8) is 0 Å². The monoisotopic (exact) mass is 482 g/mol. The van der Waals surface area contributed by atoms with Gasteiger partial charge >= 0.3 is 15.9 Å². The number of rotatable bonds is 10. The summed E-state index contributed by atoms with van der Waals surface area (Å²) in [6.07, 6.45) is 0.884. The highest BCUT2D eigenvalue weighted by molar-refractivity contribution is 8.89. The highest BCUT2D eigenvalue weighted by Gasteiger charge is 2.26. The molecule has 1 unspecified atom stereocenters. The lowest BCUT2D eigenvalue weighted by atomic mass is 10.1. The van der Waals surface area contributed by atoms with E-state index in [0.29, 0.717) is 11.5 Å². The molecule has 0 aliphatic heterocycles. The molecule has 0 bridgehead atoms. The Morgan fingerprint density at radius 3 is 2.43 bits per heavy atom. The molecule has 0 aliphatic carbocycles. The maximum atomic E-state index is 13.0. The minimum atomic E-state index is -4.00. The predicted octanol–water partition coefficient (Wildman–Crippen LogP) is 6.99. The molecule has 0 heterocycles. The topological polar surface area (TPSA) is 69.7 Å². The van der Waals surface area contributed by atoms with Gasteiger partial charge in [-0.15, -0.1) is 0 Å². The van der Waals surface area contributed by atoms with E-state index in [1.165, 1.54) is 17.4 Å². The van der Waals surface area contributed by atoms with Crippen LogP contribution in [0.3, 0.4) is 0 Å². The summed E-state index contributed by atoms with van der Waals surface area (Å²) in [7, 11) is -4.00. The number of benzene rings is 3. The molecular weight excluding hydrogens is 459 g/mol. The van der Waals surface area contributed by atoms with Gasteiger partial charge in [-0.3, -0.25) is 4.57 Å². The molecular formula is C21H23O5PS3. The molecule has 3 rings (SSSR count). The summed E-state index contributed by atoms with van der Waals surface area (Å²) < 4.78 is 49.4. The first-order valence-electron chi connectivity index (χ1n) is 9.47. The van der Waals surface area contributed by atoms with E-state index in [-0.39, 0.29) is 10.6 Å². The third-order valence-corrected chi connectivity index (χ3v) is 12.4. The Bertz CT molecular complexity index is 1160. The second-order valence-electron chi connectivity index (χ2n) is 6.31. The van der Waals surface area contributed by atoms with Crippen LogP contribution in [0.25, 0.3) is 10.8 Å². The van der Waals surface area contributed by atoms with Crippen molar-refractivity contribution in [3.05, 3.63) is 66.7 Å². The van der Waals surface area contributed by atoms with Crippen LogP contribution in [0, 0.1) is 0 Å². The van der Waals surface area contributed by atoms with Crippen molar-refractivity contribution < 1.29 is 21.7 Å². The first-order chi connectivity index (χ1) is 14.3. The lowest BCUT2D eigenvalue weighted by molar-refractivity contribution is 0.357. The second-order valence-corrected chi connectivity index (χ2v) is 15.2. The van der Waals surface area contributed by atoms with Gasteiger partial charge in [0.15, 0.2) is 0 Å². The molecule has 0 aromatic heterocycles. The van der Waals surface area contributed by atoms with E-state index in [0.717, 1.165) is 34.3 Å². The Morgan fingerprint density at radius 2 is 1.70 bits per heavy atom. The molecule has 5 nitrogen and oxygen atoms in total. The molecule has 0 aliphatic rings. The molecule has 0 spiro atoms. The summed E-state index contributed by atoms with van der Waals surface area (Å²) in [5.74, 6) is -2.10. The van der Waals surface area contributed by atoms with Crippen LogP contribution in [0.5, 0.6) is 5.75 Å². The fraction of sp³-hybridized carbons (Fsp3) is 0.238. The number of fused-ring (bicyclic) bond motifs is 1. The van der Waals surface area contributed by atoms with E-state index in [1.54, 1.807) is 43.3 Å². The predicted molar refractivity (Wildman–Crippen MR) is 126 cm³/mol. The molecule has 3 aromatic carbocycles. The quantitative estimate of drug-likeness (QED) is 0.228. The Kier molecular flexibility index (Phi) is 7.93. The normalized spacial score (nSPS) is 13.8. The van der Waals surface area contributed by atoms with Crippen LogP contribution in [0.1, 0.15) is 20.3 Å². The zero-order valence-corrected chi connectivity index (χ0v) is 20.0. The Balaban J connectivity index is 1.81. The van der Waals surface area contributed by atoms with E-state index in [1.807, 2.05) is 31.2 Å². The van der Waals surface area contributed by atoms with Crippen LogP contribution in [0.2, 0.25) is 0 Å². The lowest BCUT2D eigenvalue weighted by Gasteiger charge is -2.16. The van der Waals surface area contributed by atoms with Gasteiger partial charge in [0.1, 0.15) is 10.6 Å². The van der Waals surface area contributed by atoms with Crippen molar-refractivity contribution in [2.75, 3.05) is 12.4 Å². The molecule has 0 N–H and O–H groups in total. The summed E-state index contributed by atoms with van der Waals surface area (Å²) in [5, 5.41) is 1.77. The van der Waals surface area contributed by atoms with E-state index < -0.39 is 15.9 Å². The first-order valence-corrected chi connectivity index (χ1v) is 15.5. The van der Waals surface area contributed by atoms with Gasteiger partial charge in [-0.2, -0.15) is 8.42 Å². The van der Waals surface area contributed by atoms with E-state index in [2.05, 4.69) is 0 Å². The summed E-state index contributed by atoms with van der Waals surface area (Å²) in [5.41, 5.74) is 0. The molecule has 160 valence electrons. The van der Waals surface area contributed by atoms with E-state index in [9.17, 15) is 13.0 Å². The largest absolute Gasteiger partial charge is 0.379 e. The van der Waals surface area contributed by atoms with Crippen LogP contribution in [0.4, 0.5) is 0 Å². The Hall–Kier alpha value is -1.44. The maximum absolute atomic E-state index is 13.0. The second kappa shape index (κ2) is 10.2. The van der Waals surface area contributed by atoms with Gasteiger partial charge in [0, 0.05) is 10.6 Å². The van der Waals surface area contributed by atoms with Crippen molar-refractivity contribution in [2.45, 2.75) is 30.1 Å². The molecule has 1 atom stereocenters.